The van der Waals surface area contributed by atoms with Gasteiger partial charge in [-0.15, -0.1) is 0 Å². The van der Waals surface area contributed by atoms with E-state index in [9.17, 15) is 19.5 Å². The molecule has 0 radical (unpaired) electrons. The molecule has 7 nitrogen and oxygen atoms in total. The number of aliphatic hydroxyl groups excluding tert-OH is 1. The Kier molecular flexibility index (Phi) is 5.69. The molecule has 0 aromatic heterocycles. The van der Waals surface area contributed by atoms with Crippen molar-refractivity contribution < 1.29 is 24.6 Å². The maximum atomic E-state index is 12.6. The van der Waals surface area contributed by atoms with E-state index in [4.69, 9.17) is 5.11 Å². The highest BCUT2D eigenvalue weighted by atomic mass is 16.4. The third kappa shape index (κ3) is 4.62. The van der Waals surface area contributed by atoms with E-state index in [2.05, 4.69) is 26.1 Å². The SMILES string of the molecule is CC(C)(C)c1ccc(CN2CCC(O)=C(C(=O)NCC(=O)O)C2=O)cc1. The van der Waals surface area contributed by atoms with Crippen molar-refractivity contribution >= 4 is 17.8 Å². The zero-order chi connectivity index (χ0) is 19.5. The number of amides is 2. The number of nitrogens with one attached hydrogen (secondary N) is 1. The first-order chi connectivity index (χ1) is 12.1. The predicted octanol–water partition coefficient (Wildman–Crippen LogP) is 1.73. The van der Waals surface area contributed by atoms with Crippen molar-refractivity contribution in [3.63, 3.8) is 0 Å². The highest BCUT2D eigenvalue weighted by molar-refractivity contribution is 6.19. The molecule has 0 aliphatic carbocycles. The summed E-state index contributed by atoms with van der Waals surface area (Å²) in [7, 11) is 0. The minimum absolute atomic E-state index is 0.0312. The van der Waals surface area contributed by atoms with Crippen molar-refractivity contribution in [2.75, 3.05) is 13.1 Å². The zero-order valence-electron chi connectivity index (χ0n) is 15.2. The van der Waals surface area contributed by atoms with Crippen LogP contribution < -0.4 is 5.32 Å². The number of nitrogens with zero attached hydrogens (tertiary/aromatic N) is 1. The van der Waals surface area contributed by atoms with Gasteiger partial charge in [-0.25, -0.2) is 0 Å². The monoisotopic (exact) mass is 360 g/mol. The lowest BCUT2D eigenvalue weighted by Gasteiger charge is -2.28. The molecule has 3 N–H and O–H groups in total. The highest BCUT2D eigenvalue weighted by Crippen LogP contribution is 2.24. The number of carboxylic acid groups (broad SMARTS) is 1. The Bertz CT molecular complexity index is 744. The van der Waals surface area contributed by atoms with Gasteiger partial charge in [0.25, 0.3) is 11.8 Å². The summed E-state index contributed by atoms with van der Waals surface area (Å²) in [6, 6.07) is 7.90. The molecule has 1 aliphatic heterocycles. The third-order valence-electron chi connectivity index (χ3n) is 4.23. The second-order valence-corrected chi connectivity index (χ2v) is 7.32. The van der Waals surface area contributed by atoms with Gasteiger partial charge in [-0.2, -0.15) is 0 Å². The van der Waals surface area contributed by atoms with Crippen LogP contribution in [-0.4, -0.2) is 46.0 Å². The second-order valence-electron chi connectivity index (χ2n) is 7.32. The van der Waals surface area contributed by atoms with Gasteiger partial charge >= 0.3 is 5.97 Å². The molecular weight excluding hydrogens is 336 g/mol. The minimum atomic E-state index is -1.22. The van der Waals surface area contributed by atoms with E-state index in [-0.39, 0.29) is 23.2 Å². The van der Waals surface area contributed by atoms with Crippen LogP contribution in [0.15, 0.2) is 35.6 Å². The number of rotatable bonds is 5. The van der Waals surface area contributed by atoms with Crippen LogP contribution in [0.3, 0.4) is 0 Å². The molecule has 2 amide bonds. The molecule has 0 saturated heterocycles. The largest absolute Gasteiger partial charge is 0.511 e. The molecule has 7 heteroatoms. The first-order valence-electron chi connectivity index (χ1n) is 8.40. The second kappa shape index (κ2) is 7.59. The van der Waals surface area contributed by atoms with Gasteiger partial charge < -0.3 is 20.4 Å². The number of carbonyl (C=O) groups is 3. The van der Waals surface area contributed by atoms with Crippen LogP contribution in [0.4, 0.5) is 0 Å². The Hall–Kier alpha value is -2.83. The maximum Gasteiger partial charge on any atom is 0.322 e. The average Bonchev–Trinajstić information content (AvgIpc) is 2.55. The Morgan fingerprint density at radius 1 is 1.19 bits per heavy atom. The van der Waals surface area contributed by atoms with E-state index in [1.54, 1.807) is 0 Å². The summed E-state index contributed by atoms with van der Waals surface area (Å²) >= 11 is 0. The lowest BCUT2D eigenvalue weighted by atomic mass is 9.86. The third-order valence-corrected chi connectivity index (χ3v) is 4.23. The quantitative estimate of drug-likeness (QED) is 0.693. The number of hydrogen-bond donors (Lipinski definition) is 3. The van der Waals surface area contributed by atoms with Crippen LogP contribution in [-0.2, 0) is 26.3 Å². The van der Waals surface area contributed by atoms with Crippen molar-refractivity contribution in [2.45, 2.75) is 39.2 Å². The molecule has 140 valence electrons. The van der Waals surface area contributed by atoms with Crippen molar-refractivity contribution in [3.8, 4) is 0 Å². The van der Waals surface area contributed by atoms with Crippen LogP contribution in [0.25, 0.3) is 0 Å². The molecule has 0 fully saturated rings. The van der Waals surface area contributed by atoms with Crippen LogP contribution in [0.2, 0.25) is 0 Å². The van der Waals surface area contributed by atoms with E-state index in [0.717, 1.165) is 5.56 Å². The Balaban J connectivity index is 2.11. The Morgan fingerprint density at radius 2 is 1.81 bits per heavy atom. The average molecular weight is 360 g/mol. The molecule has 0 bridgehead atoms. The standard InChI is InChI=1S/C19H24N2O5/c1-19(2,3)13-6-4-12(5-7-13)11-21-9-8-14(22)16(18(21)26)17(25)20-10-15(23)24/h4-7,22H,8-11H2,1-3H3,(H,20,25)(H,23,24). The number of aliphatic hydroxyl groups is 1. The molecule has 0 spiro atoms. The van der Waals surface area contributed by atoms with Crippen LogP contribution in [0, 0.1) is 0 Å². The number of carboxylic acids is 1. The summed E-state index contributed by atoms with van der Waals surface area (Å²) in [6.07, 6.45) is 0.154. The number of carbonyl (C=O) groups excluding carboxylic acids is 2. The number of hydrogen-bond acceptors (Lipinski definition) is 4. The first-order valence-corrected chi connectivity index (χ1v) is 8.40. The van der Waals surface area contributed by atoms with E-state index in [0.29, 0.717) is 13.1 Å². The van der Waals surface area contributed by atoms with Crippen LogP contribution in [0.1, 0.15) is 38.3 Å². The zero-order valence-corrected chi connectivity index (χ0v) is 15.2. The highest BCUT2D eigenvalue weighted by Gasteiger charge is 2.32. The van der Waals surface area contributed by atoms with Crippen molar-refractivity contribution in [1.29, 1.82) is 0 Å². The summed E-state index contributed by atoms with van der Waals surface area (Å²) in [5.41, 5.74) is 1.74. The first kappa shape index (κ1) is 19.5. The molecule has 26 heavy (non-hydrogen) atoms. The number of aliphatic carboxylic acids is 1. The molecule has 1 aliphatic rings. The summed E-state index contributed by atoms with van der Waals surface area (Å²) < 4.78 is 0. The van der Waals surface area contributed by atoms with Gasteiger partial charge in [0.1, 0.15) is 17.9 Å². The molecule has 2 rings (SSSR count). The van der Waals surface area contributed by atoms with E-state index in [1.165, 1.54) is 10.5 Å². The van der Waals surface area contributed by atoms with Crippen molar-refractivity contribution in [1.82, 2.24) is 10.2 Å². The van der Waals surface area contributed by atoms with Crippen molar-refractivity contribution in [3.05, 3.63) is 46.7 Å². The van der Waals surface area contributed by atoms with E-state index in [1.807, 2.05) is 24.3 Å². The molecule has 0 saturated carbocycles. The van der Waals surface area contributed by atoms with Gasteiger partial charge in [0.05, 0.1) is 0 Å². The fourth-order valence-electron chi connectivity index (χ4n) is 2.70. The number of benzene rings is 1. The Labute approximate surface area is 152 Å². The smallest absolute Gasteiger partial charge is 0.322 e. The lowest BCUT2D eigenvalue weighted by Crippen LogP contribution is -2.43. The van der Waals surface area contributed by atoms with E-state index >= 15 is 0 Å². The molecule has 1 heterocycles. The molecular formula is C19H24N2O5. The van der Waals surface area contributed by atoms with Crippen LogP contribution in [0.5, 0.6) is 0 Å². The molecule has 1 aromatic rings. The summed E-state index contributed by atoms with van der Waals surface area (Å²) in [4.78, 5) is 36.6. The van der Waals surface area contributed by atoms with Gasteiger partial charge in [-0.1, -0.05) is 45.0 Å². The van der Waals surface area contributed by atoms with Gasteiger partial charge in [-0.05, 0) is 16.5 Å². The van der Waals surface area contributed by atoms with Crippen molar-refractivity contribution in [2.24, 2.45) is 0 Å². The normalized spacial score (nSPS) is 15.2. The molecule has 0 unspecified atom stereocenters. The predicted molar refractivity (Wildman–Crippen MR) is 95.5 cm³/mol. The summed E-state index contributed by atoms with van der Waals surface area (Å²) in [5.74, 6) is -3.01. The molecule has 0 atom stereocenters. The van der Waals surface area contributed by atoms with E-state index < -0.39 is 24.3 Å². The summed E-state index contributed by atoms with van der Waals surface area (Å²) in [6.45, 7) is 6.34. The minimum Gasteiger partial charge on any atom is -0.511 e. The fraction of sp³-hybridized carbons (Fsp3) is 0.421. The summed E-state index contributed by atoms with van der Waals surface area (Å²) in [5, 5.41) is 20.7. The van der Waals surface area contributed by atoms with Gasteiger partial charge in [-0.3, -0.25) is 14.4 Å². The van der Waals surface area contributed by atoms with Gasteiger partial charge in [0.2, 0.25) is 0 Å². The maximum absolute atomic E-state index is 12.6. The molecule has 1 aromatic carbocycles. The lowest BCUT2D eigenvalue weighted by molar-refractivity contribution is -0.138. The van der Waals surface area contributed by atoms with Gasteiger partial charge in [0, 0.05) is 19.5 Å². The topological polar surface area (TPSA) is 107 Å². The Morgan fingerprint density at radius 3 is 2.35 bits per heavy atom. The van der Waals surface area contributed by atoms with Gasteiger partial charge in [0.15, 0.2) is 0 Å². The van der Waals surface area contributed by atoms with Crippen LogP contribution >= 0.6 is 0 Å². The fourth-order valence-corrected chi connectivity index (χ4v) is 2.70.